The van der Waals surface area contributed by atoms with Crippen LogP contribution in [0.2, 0.25) is 0 Å². The minimum atomic E-state index is -1.14. The van der Waals surface area contributed by atoms with Crippen molar-refractivity contribution < 1.29 is 134 Å². The molecule has 0 radical (unpaired) electrons. The molecule has 0 amide bonds. The maximum absolute atomic E-state index is 12.6. The number of Topliss-reactive ketones (excluding diaryl/α,β-unsaturated/α-hetero) is 1. The molecule has 13 aromatic rings. The van der Waals surface area contributed by atoms with Crippen molar-refractivity contribution in [3.05, 3.63) is 436 Å². The molecule has 0 spiro atoms. The maximum atomic E-state index is 12.6. The van der Waals surface area contributed by atoms with Gasteiger partial charge in [0.2, 0.25) is 0 Å². The van der Waals surface area contributed by atoms with Crippen molar-refractivity contribution >= 4 is 119 Å². The zero-order valence-electron chi connectivity index (χ0n) is 77.9. The molecule has 0 atom stereocenters. The van der Waals surface area contributed by atoms with Crippen molar-refractivity contribution in [3.8, 4) is 103 Å². The third kappa shape index (κ3) is 43.0. The topological polar surface area (TPSA) is 445 Å². The summed E-state index contributed by atoms with van der Waals surface area (Å²) in [4.78, 5) is 32.5. The van der Waals surface area contributed by atoms with E-state index in [1.165, 1.54) is 141 Å². The smallest absolute Gasteiger partial charge is 0.341 e. The number of aromatic hydroxyl groups is 18. The van der Waals surface area contributed by atoms with Crippen LogP contribution in [0.5, 0.6) is 103 Å². The van der Waals surface area contributed by atoms with E-state index in [0.29, 0.717) is 61.8 Å². The highest BCUT2D eigenvalue weighted by Crippen LogP contribution is 2.34. The number of carbonyl (C=O) groups excluding carboxylic acids is 2. The molecule has 13 aromatic carbocycles. The number of benzene rings is 13. The summed E-state index contributed by atoms with van der Waals surface area (Å²) in [7, 11) is 1.27. The van der Waals surface area contributed by atoms with Crippen molar-refractivity contribution in [2.75, 3.05) is 7.11 Å². The number of aromatic carboxylic acids is 1. The monoisotopic (exact) mass is 2040 g/mol. The Labute approximate surface area is 829 Å². The molecule has 0 heterocycles. The Balaban J connectivity index is 0.000000764. The lowest BCUT2D eigenvalue weighted by Gasteiger charge is -2.03. The van der Waals surface area contributed by atoms with Crippen LogP contribution in [0.4, 0.5) is 17.6 Å². The Kier molecular flexibility index (Phi) is 53.6. The molecule has 19 N–H and O–H groups in total. The molecule has 28 heteroatoms. The van der Waals surface area contributed by atoms with E-state index in [2.05, 4.69) is 113 Å². The SMILES string of the molecule is C=Cc1cc(C)c(O)c(C)c1.C=Cc1cc(C)c(O)c(O)c1.C=Cc1cc(F)c(O)c(F)c1.C=Cc1cc(O)c(O)c(F)c1.C=Cc1cc(O)cc(O)c1.C=Cc1ccc(O)c(C(=O)O)c1.C=Cc1ccc(O)c(C(=O)OC)c1.C=Cc1ccc(O)c(C(C)=O)c1.C=Cc1ccc(O)c(I)c1.C=Cc1ccc(O)c(O)c1.C=Cc1ccc(O)cc1C.C=Cc1ccc(O)cc1F.C=Cc1ccc(O)cc1O. The van der Waals surface area contributed by atoms with Gasteiger partial charge in [0.15, 0.2) is 63.5 Å². The van der Waals surface area contributed by atoms with Gasteiger partial charge < -0.3 is 102 Å². The summed E-state index contributed by atoms with van der Waals surface area (Å²) >= 11 is 2.08. The minimum Gasteiger partial charge on any atom is -0.508 e. The fourth-order valence-electron chi connectivity index (χ4n) is 10.5. The normalized spacial score (nSPS) is 9.38. The van der Waals surface area contributed by atoms with Crippen LogP contribution >= 0.6 is 22.6 Å². The van der Waals surface area contributed by atoms with Crippen molar-refractivity contribution in [2.45, 2.75) is 34.6 Å². The Morgan fingerprint density at radius 2 is 0.574 bits per heavy atom. The van der Waals surface area contributed by atoms with Crippen LogP contribution in [0, 0.1) is 54.5 Å². The highest BCUT2D eigenvalue weighted by Gasteiger charge is 2.14. The van der Waals surface area contributed by atoms with Gasteiger partial charge in [-0.15, -0.1) is 0 Å². The number of halogens is 5. The van der Waals surface area contributed by atoms with E-state index in [1.807, 2.05) is 51.1 Å². The van der Waals surface area contributed by atoms with Gasteiger partial charge in [0, 0.05) is 29.3 Å². The van der Waals surface area contributed by atoms with Gasteiger partial charge in [-0.05, 0) is 298 Å². The molecule has 0 aliphatic carbocycles. The lowest BCUT2D eigenvalue weighted by atomic mass is 10.1. The molecule has 23 nitrogen and oxygen atoms in total. The second kappa shape index (κ2) is 62.5. The van der Waals surface area contributed by atoms with Gasteiger partial charge in [0.25, 0.3) is 0 Å². The molecule has 0 saturated carbocycles. The van der Waals surface area contributed by atoms with Gasteiger partial charge in [-0.2, -0.15) is 0 Å². The molecule has 13 rings (SSSR count). The van der Waals surface area contributed by atoms with Gasteiger partial charge in [-0.1, -0.05) is 201 Å². The molecule has 0 saturated heterocycles. The third-order valence-corrected chi connectivity index (χ3v) is 19.0. The number of rotatable bonds is 16. The van der Waals surface area contributed by atoms with Gasteiger partial charge >= 0.3 is 11.9 Å². The van der Waals surface area contributed by atoms with Crippen LogP contribution in [0.1, 0.15) is 133 Å². The summed E-state index contributed by atoms with van der Waals surface area (Å²) in [5.41, 5.74) is 13.4. The average Bonchev–Trinajstić information content (AvgIpc) is 0.917. The highest BCUT2D eigenvalue weighted by molar-refractivity contribution is 14.1. The maximum Gasteiger partial charge on any atom is 0.341 e. The number of hydrogen-bond donors (Lipinski definition) is 19. The largest absolute Gasteiger partial charge is 0.508 e. The molecule has 0 aliphatic rings. The molecule has 141 heavy (non-hydrogen) atoms. The summed E-state index contributed by atoms with van der Waals surface area (Å²) in [6.45, 7) is 54.5. The van der Waals surface area contributed by atoms with Crippen LogP contribution in [-0.4, -0.2) is 122 Å². The summed E-state index contributed by atoms with van der Waals surface area (Å²) in [6, 6.07) is 52.8. The summed E-state index contributed by atoms with van der Waals surface area (Å²) in [6.07, 6.45) is 20.4. The number of carboxylic acids is 1. The summed E-state index contributed by atoms with van der Waals surface area (Å²) in [5, 5.41) is 171. The fraction of sp³-hybridized carbons (Fsp3) is 0.0531. The lowest BCUT2D eigenvalue weighted by Crippen LogP contribution is -2.01. The van der Waals surface area contributed by atoms with E-state index in [1.54, 1.807) is 116 Å². The summed E-state index contributed by atoms with van der Waals surface area (Å²) in [5.74, 6) is -6.73. The molecular weight excluding hydrogens is 1930 g/mol. The fourth-order valence-corrected chi connectivity index (χ4v) is 11.1. The number of esters is 1. The molecule has 0 aliphatic heterocycles. The van der Waals surface area contributed by atoms with Crippen LogP contribution < -0.4 is 0 Å². The Hall–Kier alpha value is -18.1. The second-order valence-electron chi connectivity index (χ2n) is 28.5. The van der Waals surface area contributed by atoms with Crippen LogP contribution in [0.15, 0.2) is 298 Å². The molecule has 736 valence electrons. The Morgan fingerprint density at radius 3 is 0.950 bits per heavy atom. The van der Waals surface area contributed by atoms with E-state index in [9.17, 15) is 47.3 Å². The first-order chi connectivity index (χ1) is 66.5. The molecule has 0 fully saturated rings. The lowest BCUT2D eigenvalue weighted by molar-refractivity contribution is 0.0596. The number of ether oxygens (including phenoxy) is 1. The van der Waals surface area contributed by atoms with Gasteiger partial charge in [-0.25, -0.2) is 27.2 Å². The first kappa shape index (κ1) is 121. The van der Waals surface area contributed by atoms with Crippen LogP contribution in [-0.2, 0) is 4.74 Å². The number of aryl methyl sites for hydroxylation is 4. The number of carbonyl (C=O) groups is 3. The quantitative estimate of drug-likeness (QED) is 0.0140. The molecule has 0 unspecified atom stereocenters. The third-order valence-electron chi connectivity index (χ3n) is 18.2. The first-order valence-electron chi connectivity index (χ1n) is 41.0. The average molecular weight is 2040 g/mol. The van der Waals surface area contributed by atoms with Crippen molar-refractivity contribution in [1.82, 2.24) is 0 Å². The number of phenols is 18. The van der Waals surface area contributed by atoms with Gasteiger partial charge in [0.1, 0.15) is 80.2 Å². The van der Waals surface area contributed by atoms with E-state index in [-0.39, 0.29) is 85.9 Å². The second-order valence-corrected chi connectivity index (χ2v) is 29.6. The van der Waals surface area contributed by atoms with Crippen LogP contribution in [0.25, 0.3) is 79.0 Å². The van der Waals surface area contributed by atoms with Gasteiger partial charge in [0.05, 0.1) is 16.2 Å². The van der Waals surface area contributed by atoms with E-state index >= 15 is 0 Å². The number of ketones is 1. The Morgan fingerprint density at radius 1 is 0.255 bits per heavy atom. The predicted octanol–water partition coefficient (Wildman–Crippen LogP) is 27.1. The highest BCUT2D eigenvalue weighted by atomic mass is 127. The van der Waals surface area contributed by atoms with E-state index in [4.69, 9.17) is 81.7 Å². The minimum absolute atomic E-state index is 0.0214. The number of phenolic OH excluding ortho intramolecular Hbond substituents is 17. The molecule has 0 bridgehead atoms. The zero-order valence-corrected chi connectivity index (χ0v) is 80.1. The Bertz CT molecular complexity index is 5980. The summed E-state index contributed by atoms with van der Waals surface area (Å²) < 4.78 is 55.5. The first-order valence-corrected chi connectivity index (χ1v) is 42.1. The number of carboxylic acid groups (broad SMARTS) is 1. The predicted molar refractivity (Wildman–Crippen MR) is 565 cm³/mol. The van der Waals surface area contributed by atoms with E-state index in [0.717, 1.165) is 83.5 Å². The number of hydrogen-bond acceptors (Lipinski definition) is 22. The molecular formula is C113H111F4IO23. The zero-order chi connectivity index (χ0) is 107. The molecule has 0 aromatic heterocycles. The standard InChI is InChI=1S/C10H10O3.C10H10O2.C10H12O.C9H8O3.C9H10O2.C9H10O.C8H6F2O.C8H7FO2.C8H7FO.C8H7IO.3C8H8O2/c1-3-7-4-5-9(11)8(6-7)10(12)13-2;1-3-8-4-5-10(12)9(6-8)7(2)11;1-4-9-5-7(2)10(11)8(3)6-9;1-2-6-3-4-8(10)7(5-6)9(11)12;1-3-7-4-6(2)9(11)8(10)5-7;1-3-8-4-5-9(10)6-7(8)2;2*1-2-5-3-6(9)8(11)7(10)4-5;1-2-6-3-4-7(10)5-8(6)9;1-2-6-3-4-8(10)7(9)5-6;1-2-6-3-7(9)5-8(10)4-6;1-2-6-3-4-7(9)5-8(6)10;1-2-6-3-4-7(9)8(10)5-6/h3-6,11H,1H2,2H3;3-6,12H,1H2,2H3;4-6,11H,1H2,2-3H3;2-5,10H,1H2,(H,11,12);3-5,10-11H,1H2,2H3;3-6,10H,1H2,2H3;2-4,11H,1H2;2-4,10-11H,1H2;2*2-5,10H,1H2;3*2-5,9-10H,1H2. The number of methoxy groups -OCH3 is 1. The van der Waals surface area contributed by atoms with Gasteiger partial charge in [-0.3, -0.25) is 4.79 Å². The van der Waals surface area contributed by atoms with E-state index < -0.39 is 52.5 Å². The van der Waals surface area contributed by atoms with Crippen molar-refractivity contribution in [1.29, 1.82) is 0 Å². The van der Waals surface area contributed by atoms with Crippen LogP contribution in [0.3, 0.4) is 0 Å². The van der Waals surface area contributed by atoms with Crippen molar-refractivity contribution in [3.63, 3.8) is 0 Å². The van der Waals surface area contributed by atoms with Crippen molar-refractivity contribution in [2.24, 2.45) is 0 Å².